The van der Waals surface area contributed by atoms with Gasteiger partial charge in [0.2, 0.25) is 35.4 Å². The van der Waals surface area contributed by atoms with Crippen LogP contribution < -0.4 is 36.6 Å². The van der Waals surface area contributed by atoms with Crippen LogP contribution in [0.25, 0.3) is 0 Å². The van der Waals surface area contributed by atoms with Crippen LogP contribution in [-0.4, -0.2) is 119 Å². The van der Waals surface area contributed by atoms with Gasteiger partial charge >= 0.3 is 17.9 Å². The topological polar surface area (TPSA) is 350 Å². The van der Waals surface area contributed by atoms with Crippen molar-refractivity contribution in [2.24, 2.45) is 17.8 Å². The zero-order valence-electron chi connectivity index (χ0n) is 39.0. The standard InChI is InChI=1S/C45H67N7O15S/c1-5-27(4)38(43(64)49-33(25-28-12-8-6-9-13-28)42(63)51-45(22-23-45)44(65)52-68(66,67)29-14-10-7-11-15-29)50-41(62)32(24-26(2)3)48-40(61)31(17-20-36(56)57)47-39(60)30(16-19-35(54)55)46-34(53)18-21-37(58)59/h7,10-11,14-15,26-28,30-33,38H,5-6,8-9,12-13,16-25H2,1-4H3,(H,46,53)(H,47,60)(H,48,61)(H,49,64)(H,50,62)(H,51,63)(H,52,65)(H,54,55)(H,56,57)(H,58,59)/t27-,30-,31+,32-,33-,38-/m0/s1. The molecule has 10 N–H and O–H groups in total. The number of hydrogen-bond acceptors (Lipinski definition) is 12. The molecule has 1 aromatic carbocycles. The van der Waals surface area contributed by atoms with Crippen molar-refractivity contribution in [1.29, 1.82) is 0 Å². The first-order valence-electron chi connectivity index (χ1n) is 23.1. The molecule has 0 heterocycles. The van der Waals surface area contributed by atoms with Crippen LogP contribution in [0.5, 0.6) is 0 Å². The third-order valence-corrected chi connectivity index (χ3v) is 13.4. The predicted molar refractivity (Wildman–Crippen MR) is 242 cm³/mol. The zero-order chi connectivity index (χ0) is 50.8. The van der Waals surface area contributed by atoms with Gasteiger partial charge in [0, 0.05) is 19.3 Å². The van der Waals surface area contributed by atoms with Gasteiger partial charge < -0.3 is 47.2 Å². The van der Waals surface area contributed by atoms with E-state index in [0.29, 0.717) is 6.42 Å². The monoisotopic (exact) mass is 977 g/mol. The SMILES string of the molecule is CC[C@H](C)[C@H](NC(=O)[C@H](CC(C)C)NC(=O)[C@@H](CCC(=O)O)NC(=O)[C@H](CCC(=O)O)NC(=O)CCC(=O)O)C(=O)N[C@@H](CC1CCCCC1)C(=O)NC1(C(=O)NS(=O)(=O)c2ccccc2)CC1. The molecular formula is C45H67N7O15S. The van der Waals surface area contributed by atoms with Gasteiger partial charge in [-0.25, -0.2) is 13.1 Å². The van der Waals surface area contributed by atoms with Crippen molar-refractivity contribution >= 4 is 69.3 Å². The molecule has 0 aromatic heterocycles. The van der Waals surface area contributed by atoms with Crippen molar-refractivity contribution < 1.29 is 71.7 Å². The molecule has 0 saturated heterocycles. The molecule has 22 nitrogen and oxygen atoms in total. The maximum absolute atomic E-state index is 14.3. The summed E-state index contributed by atoms with van der Waals surface area (Å²) in [6.45, 7) is 6.94. The molecule has 68 heavy (non-hydrogen) atoms. The molecule has 23 heteroatoms. The predicted octanol–water partition coefficient (Wildman–Crippen LogP) is 1.22. The van der Waals surface area contributed by atoms with Crippen molar-refractivity contribution in [2.75, 3.05) is 0 Å². The summed E-state index contributed by atoms with van der Waals surface area (Å²) in [6, 6.07) is 0.198. The molecule has 2 aliphatic rings. The second kappa shape index (κ2) is 26.4. The van der Waals surface area contributed by atoms with Crippen LogP contribution in [0.2, 0.25) is 0 Å². The second-order valence-electron chi connectivity index (χ2n) is 18.1. The Morgan fingerprint density at radius 3 is 1.66 bits per heavy atom. The highest BCUT2D eigenvalue weighted by atomic mass is 32.2. The molecule has 378 valence electrons. The number of carboxylic acids is 3. The molecular weight excluding hydrogens is 911 g/mol. The van der Waals surface area contributed by atoms with E-state index in [1.54, 1.807) is 33.8 Å². The minimum Gasteiger partial charge on any atom is -0.481 e. The van der Waals surface area contributed by atoms with E-state index in [2.05, 4.69) is 36.6 Å². The Bertz CT molecular complexity index is 2090. The Kier molecular flexibility index (Phi) is 21.8. The number of nitrogens with one attached hydrogen (secondary N) is 7. The zero-order valence-corrected chi connectivity index (χ0v) is 39.8. The molecule has 2 aliphatic carbocycles. The van der Waals surface area contributed by atoms with Gasteiger partial charge in [-0.1, -0.05) is 84.4 Å². The van der Waals surface area contributed by atoms with E-state index < -0.39 is 149 Å². The quantitative estimate of drug-likeness (QED) is 0.0540. The largest absolute Gasteiger partial charge is 0.481 e. The number of amides is 7. The van der Waals surface area contributed by atoms with E-state index in [9.17, 15) is 66.6 Å². The van der Waals surface area contributed by atoms with Gasteiger partial charge in [0.15, 0.2) is 0 Å². The highest BCUT2D eigenvalue weighted by molar-refractivity contribution is 7.90. The maximum atomic E-state index is 14.3. The first kappa shape index (κ1) is 56.2. The molecule has 2 fully saturated rings. The number of hydrogen-bond donors (Lipinski definition) is 10. The second-order valence-corrected chi connectivity index (χ2v) is 19.8. The number of carbonyl (C=O) groups excluding carboxylic acids is 7. The Morgan fingerprint density at radius 1 is 0.632 bits per heavy atom. The lowest BCUT2D eigenvalue weighted by molar-refractivity contribution is -0.140. The number of carboxylic acid groups (broad SMARTS) is 3. The fourth-order valence-electron chi connectivity index (χ4n) is 7.75. The van der Waals surface area contributed by atoms with Crippen LogP contribution in [0.15, 0.2) is 35.2 Å². The lowest BCUT2D eigenvalue weighted by Gasteiger charge is -2.31. The summed E-state index contributed by atoms with van der Waals surface area (Å²) in [7, 11) is -4.27. The normalized spacial score (nSPS) is 17.1. The lowest BCUT2D eigenvalue weighted by atomic mass is 9.84. The molecule has 0 bridgehead atoms. The number of sulfonamides is 1. The van der Waals surface area contributed by atoms with E-state index in [0.717, 1.165) is 32.1 Å². The van der Waals surface area contributed by atoms with Crippen LogP contribution in [0.4, 0.5) is 0 Å². The molecule has 0 spiro atoms. The molecule has 0 radical (unpaired) electrons. The van der Waals surface area contributed by atoms with Crippen LogP contribution in [-0.2, 0) is 58.0 Å². The summed E-state index contributed by atoms with van der Waals surface area (Å²) >= 11 is 0. The summed E-state index contributed by atoms with van der Waals surface area (Å²) in [4.78, 5) is 130. The summed E-state index contributed by atoms with van der Waals surface area (Å²) in [6.07, 6.45) is 1.83. The highest BCUT2D eigenvalue weighted by Crippen LogP contribution is 2.37. The summed E-state index contributed by atoms with van der Waals surface area (Å²) in [5.74, 6) is -11.0. The average molecular weight is 978 g/mol. The number of carbonyl (C=O) groups is 10. The molecule has 2 saturated carbocycles. The minimum atomic E-state index is -4.27. The molecule has 0 aliphatic heterocycles. The molecule has 1 aromatic rings. The third-order valence-electron chi connectivity index (χ3n) is 12.0. The fourth-order valence-corrected chi connectivity index (χ4v) is 8.82. The summed E-state index contributed by atoms with van der Waals surface area (Å²) in [5, 5.41) is 42.9. The van der Waals surface area contributed by atoms with Crippen molar-refractivity contribution in [3.63, 3.8) is 0 Å². The van der Waals surface area contributed by atoms with Gasteiger partial charge in [-0.05, 0) is 68.4 Å². The third kappa shape index (κ3) is 18.5. The van der Waals surface area contributed by atoms with E-state index in [-0.39, 0.29) is 42.4 Å². The van der Waals surface area contributed by atoms with Crippen molar-refractivity contribution in [1.82, 2.24) is 36.6 Å². The van der Waals surface area contributed by atoms with E-state index in [4.69, 9.17) is 5.11 Å². The molecule has 3 rings (SSSR count). The van der Waals surface area contributed by atoms with E-state index in [1.165, 1.54) is 24.3 Å². The highest BCUT2D eigenvalue weighted by Gasteiger charge is 2.53. The number of aliphatic carboxylic acids is 3. The Balaban J connectivity index is 1.84. The van der Waals surface area contributed by atoms with Crippen molar-refractivity contribution in [3.05, 3.63) is 30.3 Å². The average Bonchev–Trinajstić information content (AvgIpc) is 4.07. The van der Waals surface area contributed by atoms with Gasteiger partial charge in [-0.15, -0.1) is 0 Å². The lowest BCUT2D eigenvalue weighted by Crippen LogP contribution is -2.61. The molecule has 6 atom stereocenters. The smallest absolute Gasteiger partial charge is 0.303 e. The van der Waals surface area contributed by atoms with E-state index >= 15 is 0 Å². The first-order chi connectivity index (χ1) is 32.0. The summed E-state index contributed by atoms with van der Waals surface area (Å²) in [5.41, 5.74) is -1.54. The van der Waals surface area contributed by atoms with Crippen LogP contribution in [0, 0.1) is 17.8 Å². The van der Waals surface area contributed by atoms with Crippen LogP contribution in [0.1, 0.15) is 130 Å². The van der Waals surface area contributed by atoms with E-state index in [1.807, 2.05) is 0 Å². The Labute approximate surface area is 395 Å². The van der Waals surface area contributed by atoms with Crippen LogP contribution in [0.3, 0.4) is 0 Å². The fraction of sp³-hybridized carbons (Fsp3) is 0.644. The van der Waals surface area contributed by atoms with Crippen molar-refractivity contribution in [2.45, 2.75) is 171 Å². The summed E-state index contributed by atoms with van der Waals surface area (Å²) < 4.78 is 28.0. The molecule has 0 unspecified atom stereocenters. The van der Waals surface area contributed by atoms with Crippen LogP contribution >= 0.6 is 0 Å². The minimum absolute atomic E-state index is 0.0102. The maximum Gasteiger partial charge on any atom is 0.303 e. The van der Waals surface area contributed by atoms with Gasteiger partial charge in [0.1, 0.15) is 35.7 Å². The van der Waals surface area contributed by atoms with Crippen molar-refractivity contribution in [3.8, 4) is 0 Å². The number of benzene rings is 1. The Morgan fingerprint density at radius 2 is 1.15 bits per heavy atom. The van der Waals surface area contributed by atoms with Gasteiger partial charge in [0.05, 0.1) is 11.3 Å². The number of rotatable bonds is 29. The van der Waals surface area contributed by atoms with Gasteiger partial charge in [-0.3, -0.25) is 47.9 Å². The van der Waals surface area contributed by atoms with Gasteiger partial charge in [0.25, 0.3) is 15.9 Å². The van der Waals surface area contributed by atoms with Gasteiger partial charge in [-0.2, -0.15) is 0 Å². The molecule has 7 amide bonds. The Hall–Kier alpha value is -6.13. The first-order valence-corrected chi connectivity index (χ1v) is 24.6.